The van der Waals surface area contributed by atoms with Gasteiger partial charge in [0.1, 0.15) is 23.9 Å². The molecule has 14 heteroatoms. The van der Waals surface area contributed by atoms with Gasteiger partial charge in [-0.2, -0.15) is 0 Å². The maximum Gasteiger partial charge on any atom is 0.408 e. The SMILES string of the molecule is COC(=O)c1coc(-c2nc(C(NC(=O)C(CCc3ccc4c(c3)C(c3ccccc3)C(=O)N4)NC(=O)OC(C)(C)C)C(C)(C)C)oc2Br)n1. The molecular formula is C36H40BrN5O8. The Bertz CT molecular complexity index is 1890. The molecule has 2 aromatic heterocycles. The topological polar surface area (TPSA) is 175 Å². The second-order valence-corrected chi connectivity index (χ2v) is 14.7. The van der Waals surface area contributed by atoms with Crippen molar-refractivity contribution in [1.82, 2.24) is 20.6 Å². The molecule has 3 amide bonds. The van der Waals surface area contributed by atoms with Crippen molar-refractivity contribution in [3.8, 4) is 11.6 Å². The molecule has 3 atom stereocenters. The molecule has 0 saturated carbocycles. The van der Waals surface area contributed by atoms with Gasteiger partial charge in [-0.25, -0.2) is 19.6 Å². The Hall–Kier alpha value is -4.98. The van der Waals surface area contributed by atoms with E-state index in [1.807, 2.05) is 69.3 Å². The van der Waals surface area contributed by atoms with E-state index in [1.165, 1.54) is 7.11 Å². The number of nitrogens with one attached hydrogen (secondary N) is 3. The maximum atomic E-state index is 14.0. The van der Waals surface area contributed by atoms with Gasteiger partial charge in [-0.3, -0.25) is 9.59 Å². The number of aromatic nitrogens is 2. The minimum Gasteiger partial charge on any atom is -0.464 e. The highest BCUT2D eigenvalue weighted by Crippen LogP contribution is 2.39. The van der Waals surface area contributed by atoms with Gasteiger partial charge >= 0.3 is 12.1 Å². The highest BCUT2D eigenvalue weighted by atomic mass is 79.9. The number of nitrogens with zero attached hydrogens (tertiary/aromatic N) is 2. The number of ether oxygens (including phenoxy) is 2. The van der Waals surface area contributed by atoms with Gasteiger partial charge in [-0.1, -0.05) is 63.2 Å². The van der Waals surface area contributed by atoms with Crippen LogP contribution in [0.2, 0.25) is 0 Å². The van der Waals surface area contributed by atoms with Gasteiger partial charge < -0.3 is 34.3 Å². The van der Waals surface area contributed by atoms with E-state index in [2.05, 4.69) is 41.8 Å². The van der Waals surface area contributed by atoms with E-state index in [0.717, 1.165) is 28.6 Å². The first kappa shape index (κ1) is 36.3. The molecule has 264 valence electrons. The van der Waals surface area contributed by atoms with Crippen molar-refractivity contribution in [3.63, 3.8) is 0 Å². The van der Waals surface area contributed by atoms with Crippen molar-refractivity contribution in [2.24, 2.45) is 5.41 Å². The van der Waals surface area contributed by atoms with Crippen LogP contribution in [-0.2, 0) is 25.5 Å². The number of rotatable bonds is 10. The summed E-state index contributed by atoms with van der Waals surface area (Å²) in [7, 11) is 1.23. The molecule has 13 nitrogen and oxygen atoms in total. The fraction of sp³-hybridized carbons (Fsp3) is 0.389. The van der Waals surface area contributed by atoms with Crippen LogP contribution < -0.4 is 16.0 Å². The number of hydrogen-bond acceptors (Lipinski definition) is 10. The van der Waals surface area contributed by atoms with Gasteiger partial charge in [-0.15, -0.1) is 0 Å². The largest absolute Gasteiger partial charge is 0.464 e. The molecular weight excluding hydrogens is 710 g/mol. The van der Waals surface area contributed by atoms with Crippen LogP contribution in [0.3, 0.4) is 0 Å². The zero-order chi connectivity index (χ0) is 36.4. The predicted molar refractivity (Wildman–Crippen MR) is 186 cm³/mol. The molecule has 0 radical (unpaired) electrons. The van der Waals surface area contributed by atoms with Crippen LogP contribution in [-0.4, -0.2) is 52.6 Å². The molecule has 50 heavy (non-hydrogen) atoms. The lowest BCUT2D eigenvalue weighted by Gasteiger charge is -2.31. The quantitative estimate of drug-likeness (QED) is 0.148. The van der Waals surface area contributed by atoms with Crippen LogP contribution >= 0.6 is 15.9 Å². The second kappa shape index (κ2) is 14.5. The van der Waals surface area contributed by atoms with Crippen LogP contribution in [0.15, 0.2) is 68.3 Å². The van der Waals surface area contributed by atoms with Crippen molar-refractivity contribution in [1.29, 1.82) is 0 Å². The number of benzene rings is 2. The Morgan fingerprint density at radius 1 is 1.02 bits per heavy atom. The van der Waals surface area contributed by atoms with E-state index in [-0.39, 0.29) is 40.2 Å². The first-order valence-corrected chi connectivity index (χ1v) is 16.8. The molecule has 5 rings (SSSR count). The molecule has 3 heterocycles. The number of carbonyl (C=O) groups excluding carboxylic acids is 4. The number of anilines is 1. The Morgan fingerprint density at radius 3 is 2.40 bits per heavy atom. The van der Waals surface area contributed by atoms with Crippen LogP contribution in [0.5, 0.6) is 0 Å². The number of fused-ring (bicyclic) bond motifs is 1. The molecule has 4 aromatic rings. The third-order valence-corrected chi connectivity index (χ3v) is 8.45. The Morgan fingerprint density at radius 2 is 1.74 bits per heavy atom. The van der Waals surface area contributed by atoms with Crippen molar-refractivity contribution < 1.29 is 37.5 Å². The summed E-state index contributed by atoms with van der Waals surface area (Å²) in [4.78, 5) is 60.5. The highest BCUT2D eigenvalue weighted by molar-refractivity contribution is 9.10. The minimum atomic E-state index is -1.01. The summed E-state index contributed by atoms with van der Waals surface area (Å²) >= 11 is 3.35. The molecule has 1 aliphatic rings. The highest BCUT2D eigenvalue weighted by Gasteiger charge is 2.37. The average Bonchev–Trinajstić information content (AvgIpc) is 3.76. The zero-order valence-corrected chi connectivity index (χ0v) is 30.5. The molecule has 0 bridgehead atoms. The van der Waals surface area contributed by atoms with Crippen molar-refractivity contribution in [2.45, 2.75) is 78.0 Å². The zero-order valence-electron chi connectivity index (χ0n) is 28.9. The number of halogens is 1. The van der Waals surface area contributed by atoms with Crippen molar-refractivity contribution in [2.75, 3.05) is 12.4 Å². The van der Waals surface area contributed by atoms with Crippen LogP contribution in [0, 0.1) is 5.41 Å². The summed E-state index contributed by atoms with van der Waals surface area (Å²) in [5.74, 6) is -1.57. The summed E-state index contributed by atoms with van der Waals surface area (Å²) < 4.78 is 21.7. The predicted octanol–water partition coefficient (Wildman–Crippen LogP) is 6.69. The van der Waals surface area contributed by atoms with Gasteiger partial charge in [0.15, 0.2) is 11.4 Å². The molecule has 0 aliphatic carbocycles. The fourth-order valence-electron chi connectivity index (χ4n) is 5.52. The van der Waals surface area contributed by atoms with Crippen LogP contribution in [0.1, 0.15) is 93.0 Å². The summed E-state index contributed by atoms with van der Waals surface area (Å²) in [6.07, 6.45) is 1.02. The number of methoxy groups -OCH3 is 1. The average molecular weight is 751 g/mol. The first-order valence-electron chi connectivity index (χ1n) is 16.0. The minimum absolute atomic E-state index is 0.0106. The first-order chi connectivity index (χ1) is 23.5. The van der Waals surface area contributed by atoms with Crippen molar-refractivity contribution in [3.05, 3.63) is 87.7 Å². The van der Waals surface area contributed by atoms with E-state index in [4.69, 9.17) is 18.3 Å². The lowest BCUT2D eigenvalue weighted by atomic mass is 9.86. The number of amides is 3. The lowest BCUT2D eigenvalue weighted by molar-refractivity contribution is -0.125. The molecule has 0 saturated heterocycles. The van der Waals surface area contributed by atoms with Crippen LogP contribution in [0.4, 0.5) is 10.5 Å². The maximum absolute atomic E-state index is 14.0. The third-order valence-electron chi connectivity index (χ3n) is 7.91. The Balaban J connectivity index is 1.39. The van der Waals surface area contributed by atoms with Crippen LogP contribution in [0.25, 0.3) is 11.6 Å². The molecule has 3 N–H and O–H groups in total. The third kappa shape index (κ3) is 8.41. The summed E-state index contributed by atoms with van der Waals surface area (Å²) in [5, 5.41) is 8.71. The van der Waals surface area contributed by atoms with E-state index in [1.54, 1.807) is 20.8 Å². The number of alkyl carbamates (subject to hydrolysis) is 1. The molecule has 0 spiro atoms. The standard InChI is InChI=1S/C36H40BrN5O8/c1-35(2,3)27(32-41-26(28(37)49-32)31-39-24(18-48-31)33(45)47-7)42-29(43)23(40-34(46)50-36(4,5)6)16-14-19-13-15-22-21(17-19)25(30(44)38-22)20-11-9-8-10-12-20/h8-13,15,17-18,23,25,27H,14,16H2,1-7H3,(H,38,44)(H,40,46)(H,42,43). The van der Waals surface area contributed by atoms with Gasteiger partial charge in [0.05, 0.1) is 13.0 Å². The summed E-state index contributed by atoms with van der Waals surface area (Å²) in [6, 6.07) is 13.5. The van der Waals surface area contributed by atoms with Crippen molar-refractivity contribution >= 4 is 45.5 Å². The number of hydrogen-bond donors (Lipinski definition) is 3. The number of oxazole rings is 2. The Kier molecular flexibility index (Phi) is 10.5. The van der Waals surface area contributed by atoms with E-state index in [9.17, 15) is 19.2 Å². The summed E-state index contributed by atoms with van der Waals surface area (Å²) in [5.41, 5.74) is 2.08. The van der Waals surface area contributed by atoms with Gasteiger partial charge in [0, 0.05) is 5.69 Å². The van der Waals surface area contributed by atoms with Gasteiger partial charge in [-0.05, 0) is 77.7 Å². The lowest BCUT2D eigenvalue weighted by Crippen LogP contribution is -2.50. The molecule has 0 fully saturated rings. The monoisotopic (exact) mass is 749 g/mol. The molecule has 3 unspecified atom stereocenters. The number of carbonyl (C=O) groups is 4. The number of esters is 1. The molecule has 2 aromatic carbocycles. The van der Waals surface area contributed by atoms with E-state index in [0.29, 0.717) is 6.42 Å². The Labute approximate surface area is 298 Å². The van der Waals surface area contributed by atoms with E-state index < -0.39 is 47.0 Å². The fourth-order valence-corrected chi connectivity index (χ4v) is 5.94. The normalized spacial score (nSPS) is 15.4. The smallest absolute Gasteiger partial charge is 0.408 e. The summed E-state index contributed by atoms with van der Waals surface area (Å²) in [6.45, 7) is 10.9. The van der Waals surface area contributed by atoms with E-state index >= 15 is 0 Å². The number of aryl methyl sites for hydroxylation is 1. The second-order valence-electron chi connectivity index (χ2n) is 14.0. The van der Waals surface area contributed by atoms with Gasteiger partial charge in [0.25, 0.3) is 5.89 Å². The van der Waals surface area contributed by atoms with Gasteiger partial charge in [0.2, 0.25) is 22.4 Å². The molecule has 1 aliphatic heterocycles.